The van der Waals surface area contributed by atoms with Crippen molar-refractivity contribution < 1.29 is 14.6 Å². The largest absolute Gasteiger partial charge is 0.344 e. The van der Waals surface area contributed by atoms with Crippen LogP contribution in [-0.2, 0) is 4.79 Å². The fourth-order valence-electron chi connectivity index (χ4n) is 2.49. The van der Waals surface area contributed by atoms with Crippen LogP contribution >= 0.6 is 23.8 Å². The molecule has 1 aliphatic heterocycles. The van der Waals surface area contributed by atoms with Gasteiger partial charge < -0.3 is 20.0 Å². The molecule has 2 N–H and O–H groups in total. The van der Waals surface area contributed by atoms with Gasteiger partial charge in [-0.25, -0.2) is 0 Å². The van der Waals surface area contributed by atoms with Crippen LogP contribution in [0.25, 0.3) is 0 Å². The summed E-state index contributed by atoms with van der Waals surface area (Å²) in [6, 6.07) is 4.19. The quantitative estimate of drug-likeness (QED) is 0.438. The smallest absolute Gasteiger partial charge is 0.277 e. The number of nitro benzene ring substituents is 1. The molecule has 0 radical (unpaired) electrons. The number of anilines is 1. The van der Waals surface area contributed by atoms with Gasteiger partial charge in [0.05, 0.1) is 41.8 Å². The molecule has 10 heteroatoms. The molecule has 1 aliphatic rings. The van der Waals surface area contributed by atoms with Crippen LogP contribution in [0.5, 0.6) is 0 Å². The highest BCUT2D eigenvalue weighted by Crippen LogP contribution is 2.26. The van der Waals surface area contributed by atoms with Crippen LogP contribution in [0, 0.1) is 10.1 Å². The first-order valence-electron chi connectivity index (χ1n) is 7.81. The molecule has 1 aromatic rings. The first-order chi connectivity index (χ1) is 11.8. The van der Waals surface area contributed by atoms with Crippen molar-refractivity contribution in [1.29, 1.82) is 0 Å². The second-order valence-electron chi connectivity index (χ2n) is 6.05. The summed E-state index contributed by atoms with van der Waals surface area (Å²) in [7, 11) is 3.50. The normalized spacial score (nSPS) is 14.9. The Morgan fingerprint density at radius 1 is 1.44 bits per heavy atom. The average Bonchev–Trinajstić information content (AvgIpc) is 2.57. The lowest BCUT2D eigenvalue weighted by Gasteiger charge is -2.34. The van der Waals surface area contributed by atoms with Crippen molar-refractivity contribution in [1.82, 2.24) is 9.80 Å². The van der Waals surface area contributed by atoms with Gasteiger partial charge in [-0.2, -0.15) is 0 Å². The number of likely N-dealkylation sites (N-methyl/N-ethyl adjacent to an activating group) is 1. The van der Waals surface area contributed by atoms with Gasteiger partial charge in [0.2, 0.25) is 0 Å². The Morgan fingerprint density at radius 2 is 2.08 bits per heavy atom. The Bertz CT molecular complexity index is 677. The van der Waals surface area contributed by atoms with E-state index in [1.807, 2.05) is 4.90 Å². The molecule has 0 saturated carbocycles. The van der Waals surface area contributed by atoms with Crippen molar-refractivity contribution in [3.63, 3.8) is 0 Å². The second-order valence-corrected chi connectivity index (χ2v) is 6.85. The molecule has 0 spiro atoms. The Balaban J connectivity index is 1.92. The molecule has 0 bridgehead atoms. The summed E-state index contributed by atoms with van der Waals surface area (Å²) in [4.78, 5) is 27.0. The van der Waals surface area contributed by atoms with Crippen molar-refractivity contribution in [2.45, 2.75) is 0 Å². The number of carbonyl (C=O) groups is 1. The summed E-state index contributed by atoms with van der Waals surface area (Å²) in [6.07, 6.45) is 0. The molecule has 0 unspecified atom stereocenters. The molecule has 8 nitrogen and oxygen atoms in total. The number of hydrogen-bond donors (Lipinski definition) is 2. The van der Waals surface area contributed by atoms with Gasteiger partial charge in [-0.05, 0) is 18.3 Å². The Kier molecular flexibility index (Phi) is 6.51. The number of halogens is 1. The van der Waals surface area contributed by atoms with E-state index in [-0.39, 0.29) is 11.6 Å². The zero-order valence-electron chi connectivity index (χ0n) is 14.1. The molecule has 25 heavy (non-hydrogen) atoms. The number of benzene rings is 1. The number of thiocarbonyl (C=S) groups is 1. The minimum atomic E-state index is -0.478. The third-order valence-corrected chi connectivity index (χ3v) is 4.75. The zero-order valence-corrected chi connectivity index (χ0v) is 15.7. The Labute approximate surface area is 156 Å². The number of piperazine rings is 1. The topological polar surface area (TPSA) is 83.2 Å². The van der Waals surface area contributed by atoms with Crippen molar-refractivity contribution in [2.24, 2.45) is 0 Å². The summed E-state index contributed by atoms with van der Waals surface area (Å²) in [5, 5.41) is 14.7. The summed E-state index contributed by atoms with van der Waals surface area (Å²) in [5.41, 5.74) is 0.365. The minimum Gasteiger partial charge on any atom is -0.344 e. The van der Waals surface area contributed by atoms with Crippen LogP contribution < -0.4 is 10.2 Å². The number of non-ortho nitro benzene ring substituents is 1. The maximum absolute atomic E-state index is 11.8. The van der Waals surface area contributed by atoms with E-state index in [1.165, 1.54) is 23.1 Å². The lowest BCUT2D eigenvalue weighted by Crippen LogP contribution is -3.15. The number of rotatable bonds is 4. The van der Waals surface area contributed by atoms with Crippen LogP contribution in [0.1, 0.15) is 0 Å². The number of nitrogens with one attached hydrogen (secondary N) is 2. The van der Waals surface area contributed by atoms with E-state index in [0.29, 0.717) is 35.5 Å². The molecule has 136 valence electrons. The summed E-state index contributed by atoms with van der Waals surface area (Å²) in [6.45, 7) is 3.47. The number of nitro groups is 1. The van der Waals surface area contributed by atoms with Crippen molar-refractivity contribution in [2.75, 3.05) is 52.1 Å². The third kappa shape index (κ3) is 5.25. The molecular weight excluding hydrogens is 366 g/mol. The first-order valence-corrected chi connectivity index (χ1v) is 8.60. The number of quaternary nitrogens is 1. The second kappa shape index (κ2) is 8.41. The van der Waals surface area contributed by atoms with Gasteiger partial charge >= 0.3 is 0 Å². The van der Waals surface area contributed by atoms with Gasteiger partial charge in [-0.3, -0.25) is 14.9 Å². The lowest BCUT2D eigenvalue weighted by atomic mass is 10.2. The number of carbonyl (C=O) groups excluding carboxylic acids is 1. The van der Waals surface area contributed by atoms with E-state index in [0.717, 1.165) is 13.1 Å². The maximum atomic E-state index is 11.8. The molecule has 1 saturated heterocycles. The highest BCUT2D eigenvalue weighted by Gasteiger charge is 2.24. The number of hydrogen-bond acceptors (Lipinski definition) is 4. The Morgan fingerprint density at radius 3 is 2.64 bits per heavy atom. The molecule has 0 aromatic heterocycles. The van der Waals surface area contributed by atoms with E-state index in [1.54, 1.807) is 19.0 Å². The predicted molar refractivity (Wildman–Crippen MR) is 100 cm³/mol. The Hall–Kier alpha value is -1.97. The van der Waals surface area contributed by atoms with Gasteiger partial charge in [0, 0.05) is 26.2 Å². The fourth-order valence-corrected chi connectivity index (χ4v) is 2.95. The highest BCUT2D eigenvalue weighted by molar-refractivity contribution is 7.80. The number of nitrogens with zero attached hydrogens (tertiary/aromatic N) is 3. The minimum absolute atomic E-state index is 0.0499. The fraction of sp³-hybridized carbons (Fsp3) is 0.467. The van der Waals surface area contributed by atoms with Crippen LogP contribution in [0.2, 0.25) is 5.02 Å². The molecule has 2 rings (SSSR count). The van der Waals surface area contributed by atoms with Crippen molar-refractivity contribution in [3.05, 3.63) is 33.3 Å². The SMILES string of the molecule is CN(C)C(=O)C[NH+]1CCN(C(=S)Nc2cc([N+](=O)[O-])ccc2Cl)CC1. The van der Waals surface area contributed by atoms with Crippen molar-refractivity contribution in [3.8, 4) is 0 Å². The molecule has 0 atom stereocenters. The average molecular weight is 387 g/mol. The number of amides is 1. The maximum Gasteiger partial charge on any atom is 0.277 e. The standard InChI is InChI=1S/C15H20ClN5O3S/c1-18(2)14(22)10-19-5-7-20(8-6-19)15(25)17-13-9-11(21(23)24)3-4-12(13)16/h3-4,9H,5-8,10H2,1-2H3,(H,17,25)/p+1. The van der Waals surface area contributed by atoms with Gasteiger partial charge in [-0.15, -0.1) is 0 Å². The van der Waals surface area contributed by atoms with Gasteiger partial charge in [-0.1, -0.05) is 11.6 Å². The summed E-state index contributed by atoms with van der Waals surface area (Å²) in [5.74, 6) is 0.104. The van der Waals surface area contributed by atoms with Crippen LogP contribution in [0.4, 0.5) is 11.4 Å². The summed E-state index contributed by atoms with van der Waals surface area (Å²) < 4.78 is 0. The molecule has 1 aromatic carbocycles. The molecule has 0 aliphatic carbocycles. The van der Waals surface area contributed by atoms with Crippen molar-refractivity contribution >= 4 is 46.2 Å². The van der Waals surface area contributed by atoms with Gasteiger partial charge in [0.25, 0.3) is 11.6 Å². The van der Waals surface area contributed by atoms with E-state index in [9.17, 15) is 14.9 Å². The third-order valence-electron chi connectivity index (χ3n) is 4.06. The molecule has 1 fully saturated rings. The zero-order chi connectivity index (χ0) is 18.6. The van der Waals surface area contributed by atoms with E-state index in [4.69, 9.17) is 23.8 Å². The predicted octanol–water partition coefficient (Wildman–Crippen LogP) is 0.234. The first kappa shape index (κ1) is 19.4. The van der Waals surface area contributed by atoms with E-state index < -0.39 is 4.92 Å². The molecular formula is C15H21ClN5O3S+. The van der Waals surface area contributed by atoms with E-state index >= 15 is 0 Å². The van der Waals surface area contributed by atoms with Crippen LogP contribution in [0.3, 0.4) is 0 Å². The van der Waals surface area contributed by atoms with Gasteiger partial charge in [0.15, 0.2) is 11.7 Å². The summed E-state index contributed by atoms with van der Waals surface area (Å²) >= 11 is 11.5. The van der Waals surface area contributed by atoms with E-state index in [2.05, 4.69) is 5.32 Å². The lowest BCUT2D eigenvalue weighted by molar-refractivity contribution is -0.896. The molecule has 1 heterocycles. The van der Waals surface area contributed by atoms with Crippen LogP contribution in [0.15, 0.2) is 18.2 Å². The van der Waals surface area contributed by atoms with Gasteiger partial charge in [0.1, 0.15) is 0 Å². The molecule has 1 amide bonds. The highest BCUT2D eigenvalue weighted by atomic mass is 35.5. The monoisotopic (exact) mass is 386 g/mol. The van der Waals surface area contributed by atoms with Crippen LogP contribution in [-0.4, -0.2) is 72.6 Å².